The van der Waals surface area contributed by atoms with Gasteiger partial charge in [0.2, 0.25) is 0 Å². The SMILES string of the molecule is CCN(CC)C(=O)N(C)c1ccc([N+](=O)[O-])cc1. The molecule has 98 valence electrons. The highest BCUT2D eigenvalue weighted by atomic mass is 16.6. The number of urea groups is 1. The largest absolute Gasteiger partial charge is 0.325 e. The lowest BCUT2D eigenvalue weighted by Gasteiger charge is -2.26. The van der Waals surface area contributed by atoms with Crippen LogP contribution in [-0.2, 0) is 0 Å². The molecule has 1 aromatic carbocycles. The van der Waals surface area contributed by atoms with E-state index in [0.717, 1.165) is 0 Å². The molecule has 1 rings (SSSR count). The van der Waals surface area contributed by atoms with Gasteiger partial charge in [-0.1, -0.05) is 0 Å². The molecule has 0 spiro atoms. The van der Waals surface area contributed by atoms with Gasteiger partial charge in [0.05, 0.1) is 4.92 Å². The van der Waals surface area contributed by atoms with Gasteiger partial charge in [0, 0.05) is 38.0 Å². The quantitative estimate of drug-likeness (QED) is 0.610. The van der Waals surface area contributed by atoms with Crippen molar-refractivity contribution in [2.24, 2.45) is 0 Å². The molecule has 0 aliphatic carbocycles. The van der Waals surface area contributed by atoms with Gasteiger partial charge in [0.25, 0.3) is 5.69 Å². The number of non-ortho nitro benzene ring substituents is 1. The number of carbonyl (C=O) groups excluding carboxylic acids is 1. The summed E-state index contributed by atoms with van der Waals surface area (Å²) >= 11 is 0. The molecule has 0 unspecified atom stereocenters. The summed E-state index contributed by atoms with van der Waals surface area (Å²) in [6.45, 7) is 5.08. The second-order valence-electron chi connectivity index (χ2n) is 3.79. The molecule has 0 heterocycles. The summed E-state index contributed by atoms with van der Waals surface area (Å²) in [6, 6.07) is 5.80. The highest BCUT2D eigenvalue weighted by Gasteiger charge is 2.16. The molecular weight excluding hydrogens is 234 g/mol. The Balaban J connectivity index is 2.86. The van der Waals surface area contributed by atoms with Crippen LogP contribution in [0, 0.1) is 10.1 Å². The predicted molar refractivity (Wildman–Crippen MR) is 69.8 cm³/mol. The Morgan fingerprint density at radius 2 is 1.72 bits per heavy atom. The topological polar surface area (TPSA) is 66.7 Å². The normalized spacial score (nSPS) is 9.94. The first-order chi connectivity index (χ1) is 8.51. The zero-order valence-corrected chi connectivity index (χ0v) is 10.8. The van der Waals surface area contributed by atoms with Gasteiger partial charge in [-0.25, -0.2) is 4.79 Å². The van der Waals surface area contributed by atoms with Crippen molar-refractivity contribution in [1.29, 1.82) is 0 Å². The molecule has 0 aliphatic rings. The summed E-state index contributed by atoms with van der Waals surface area (Å²) in [4.78, 5) is 25.3. The number of hydrogen-bond acceptors (Lipinski definition) is 3. The van der Waals surface area contributed by atoms with E-state index < -0.39 is 4.92 Å². The summed E-state index contributed by atoms with van der Waals surface area (Å²) in [5.74, 6) is 0. The van der Waals surface area contributed by atoms with Crippen molar-refractivity contribution in [2.75, 3.05) is 25.0 Å². The third-order valence-corrected chi connectivity index (χ3v) is 2.77. The maximum atomic E-state index is 12.0. The fourth-order valence-electron chi connectivity index (χ4n) is 1.61. The van der Waals surface area contributed by atoms with E-state index in [1.807, 2.05) is 13.8 Å². The van der Waals surface area contributed by atoms with Crippen LogP contribution in [0.3, 0.4) is 0 Å². The van der Waals surface area contributed by atoms with Crippen LogP contribution in [0.1, 0.15) is 13.8 Å². The lowest BCUT2D eigenvalue weighted by Crippen LogP contribution is -2.41. The fraction of sp³-hybridized carbons (Fsp3) is 0.417. The van der Waals surface area contributed by atoms with Crippen molar-refractivity contribution >= 4 is 17.4 Å². The molecule has 0 fully saturated rings. The van der Waals surface area contributed by atoms with Gasteiger partial charge in [0.1, 0.15) is 0 Å². The van der Waals surface area contributed by atoms with E-state index in [0.29, 0.717) is 18.8 Å². The Bertz CT molecular complexity index is 427. The Kier molecular flexibility index (Phi) is 4.65. The molecule has 0 aliphatic heterocycles. The summed E-state index contributed by atoms with van der Waals surface area (Å²) in [6.07, 6.45) is 0. The summed E-state index contributed by atoms with van der Waals surface area (Å²) in [7, 11) is 1.65. The molecule has 6 heteroatoms. The van der Waals surface area contributed by atoms with Gasteiger partial charge in [0.15, 0.2) is 0 Å². The Labute approximate surface area is 106 Å². The van der Waals surface area contributed by atoms with E-state index in [1.54, 1.807) is 24.1 Å². The lowest BCUT2D eigenvalue weighted by molar-refractivity contribution is -0.384. The number of nitro groups is 1. The zero-order chi connectivity index (χ0) is 13.7. The highest BCUT2D eigenvalue weighted by molar-refractivity contribution is 5.91. The molecule has 0 aromatic heterocycles. The summed E-state index contributed by atoms with van der Waals surface area (Å²) in [5, 5.41) is 10.5. The van der Waals surface area contributed by atoms with E-state index in [9.17, 15) is 14.9 Å². The van der Waals surface area contributed by atoms with Crippen LogP contribution < -0.4 is 4.90 Å². The molecule has 2 amide bonds. The van der Waals surface area contributed by atoms with Gasteiger partial charge < -0.3 is 4.90 Å². The number of rotatable bonds is 4. The highest BCUT2D eigenvalue weighted by Crippen LogP contribution is 2.19. The van der Waals surface area contributed by atoms with Gasteiger partial charge in [-0.15, -0.1) is 0 Å². The number of nitro benzene ring substituents is 1. The first kappa shape index (κ1) is 14.0. The number of anilines is 1. The molecule has 0 atom stereocenters. The van der Waals surface area contributed by atoms with E-state index in [2.05, 4.69) is 0 Å². The monoisotopic (exact) mass is 251 g/mol. The maximum Gasteiger partial charge on any atom is 0.324 e. The average Bonchev–Trinajstić information content (AvgIpc) is 2.39. The Morgan fingerprint density at radius 1 is 1.22 bits per heavy atom. The molecule has 0 N–H and O–H groups in total. The van der Waals surface area contributed by atoms with Crippen molar-refractivity contribution in [3.05, 3.63) is 34.4 Å². The smallest absolute Gasteiger partial charge is 0.324 e. The van der Waals surface area contributed by atoms with Gasteiger partial charge in [-0.05, 0) is 26.0 Å². The third kappa shape index (κ3) is 2.97. The number of benzene rings is 1. The number of hydrogen-bond donors (Lipinski definition) is 0. The van der Waals surface area contributed by atoms with E-state index in [1.165, 1.54) is 17.0 Å². The second kappa shape index (κ2) is 6.00. The van der Waals surface area contributed by atoms with Crippen LogP contribution in [0.15, 0.2) is 24.3 Å². The van der Waals surface area contributed by atoms with Crippen LogP contribution in [0.2, 0.25) is 0 Å². The average molecular weight is 251 g/mol. The standard InChI is InChI=1S/C12H17N3O3/c1-4-14(5-2)12(16)13(3)10-6-8-11(9-7-10)15(17)18/h6-9H,4-5H2,1-3H3. The first-order valence-electron chi connectivity index (χ1n) is 5.78. The minimum atomic E-state index is -0.462. The predicted octanol–water partition coefficient (Wildman–Crippen LogP) is 2.49. The third-order valence-electron chi connectivity index (χ3n) is 2.77. The number of nitrogens with zero attached hydrogens (tertiary/aromatic N) is 3. The fourth-order valence-corrected chi connectivity index (χ4v) is 1.61. The van der Waals surface area contributed by atoms with Crippen LogP contribution in [0.25, 0.3) is 0 Å². The Hall–Kier alpha value is -2.11. The summed E-state index contributed by atoms with van der Waals surface area (Å²) in [5.41, 5.74) is 0.653. The van der Waals surface area contributed by atoms with Crippen LogP contribution >= 0.6 is 0 Å². The van der Waals surface area contributed by atoms with Crippen LogP contribution in [-0.4, -0.2) is 36.0 Å². The minimum Gasteiger partial charge on any atom is -0.325 e. The van der Waals surface area contributed by atoms with Crippen LogP contribution in [0.5, 0.6) is 0 Å². The molecule has 0 saturated heterocycles. The van der Waals surface area contributed by atoms with Crippen molar-refractivity contribution in [3.63, 3.8) is 0 Å². The van der Waals surface area contributed by atoms with Crippen molar-refractivity contribution in [2.45, 2.75) is 13.8 Å². The lowest BCUT2D eigenvalue weighted by atomic mass is 10.2. The zero-order valence-electron chi connectivity index (χ0n) is 10.8. The molecule has 0 saturated carbocycles. The van der Waals surface area contributed by atoms with Crippen LogP contribution in [0.4, 0.5) is 16.2 Å². The maximum absolute atomic E-state index is 12.0. The molecule has 0 bridgehead atoms. The van der Waals surface area contributed by atoms with E-state index in [-0.39, 0.29) is 11.7 Å². The first-order valence-corrected chi connectivity index (χ1v) is 5.78. The van der Waals surface area contributed by atoms with Crippen molar-refractivity contribution < 1.29 is 9.72 Å². The van der Waals surface area contributed by atoms with Crippen molar-refractivity contribution in [3.8, 4) is 0 Å². The van der Waals surface area contributed by atoms with Gasteiger partial charge in [-0.2, -0.15) is 0 Å². The molecule has 0 radical (unpaired) electrons. The summed E-state index contributed by atoms with van der Waals surface area (Å²) < 4.78 is 0. The molecule has 1 aromatic rings. The van der Waals surface area contributed by atoms with E-state index >= 15 is 0 Å². The number of carbonyl (C=O) groups is 1. The van der Waals surface area contributed by atoms with Gasteiger partial charge >= 0.3 is 6.03 Å². The minimum absolute atomic E-state index is 0.0161. The van der Waals surface area contributed by atoms with E-state index in [4.69, 9.17) is 0 Å². The number of amides is 2. The van der Waals surface area contributed by atoms with Crippen molar-refractivity contribution in [1.82, 2.24) is 4.90 Å². The Morgan fingerprint density at radius 3 is 2.11 bits per heavy atom. The molecule has 18 heavy (non-hydrogen) atoms. The molecular formula is C12H17N3O3. The van der Waals surface area contributed by atoms with Gasteiger partial charge in [-0.3, -0.25) is 15.0 Å². The second-order valence-corrected chi connectivity index (χ2v) is 3.79. The molecule has 6 nitrogen and oxygen atoms in total.